The molecule has 0 spiro atoms. The zero-order valence-electron chi connectivity index (χ0n) is 15.2. The quantitative estimate of drug-likeness (QED) is 0.641. The molecular formula is C20H21F2N3O2. The molecule has 3 aromatic rings. The molecule has 0 aliphatic carbocycles. The average Bonchev–Trinajstić information content (AvgIpc) is 3.17. The van der Waals surface area contributed by atoms with Gasteiger partial charge in [-0.05, 0) is 28.8 Å². The van der Waals surface area contributed by atoms with E-state index in [9.17, 15) is 8.78 Å². The first-order valence-corrected chi connectivity index (χ1v) is 8.45. The van der Waals surface area contributed by atoms with Crippen LogP contribution in [0.5, 0.6) is 11.5 Å². The summed E-state index contributed by atoms with van der Waals surface area (Å²) in [7, 11) is 3.17. The molecule has 2 aromatic carbocycles. The standard InChI is InChI=1S/C20H21F2N3O2/c1-26-17-10-15(12-23-13-19-24-8-9-25(19)20(21)22)16(11-18(17)27-2)14-6-4-3-5-7-14/h3-11,20,23H,12-13H2,1-2H3. The van der Waals surface area contributed by atoms with E-state index in [1.807, 2.05) is 42.5 Å². The molecule has 0 saturated heterocycles. The van der Waals surface area contributed by atoms with Gasteiger partial charge in [-0.2, -0.15) is 8.78 Å². The first kappa shape index (κ1) is 18.8. The predicted octanol–water partition coefficient (Wildman–Crippen LogP) is 4.25. The number of aromatic nitrogens is 2. The van der Waals surface area contributed by atoms with Gasteiger partial charge in [0.05, 0.1) is 20.8 Å². The second-order valence-electron chi connectivity index (χ2n) is 5.86. The Hall–Kier alpha value is -2.93. The molecule has 0 aliphatic heterocycles. The summed E-state index contributed by atoms with van der Waals surface area (Å²) in [6.07, 6.45) is 2.64. The second kappa shape index (κ2) is 8.64. The molecule has 1 heterocycles. The van der Waals surface area contributed by atoms with Gasteiger partial charge in [0.2, 0.25) is 0 Å². The number of methoxy groups -OCH3 is 2. The fourth-order valence-electron chi connectivity index (χ4n) is 2.92. The van der Waals surface area contributed by atoms with Crippen LogP contribution in [0.15, 0.2) is 54.9 Å². The van der Waals surface area contributed by atoms with Crippen molar-refractivity contribution in [2.24, 2.45) is 0 Å². The molecule has 0 unspecified atom stereocenters. The summed E-state index contributed by atoms with van der Waals surface area (Å²) >= 11 is 0. The maximum atomic E-state index is 12.9. The molecule has 0 saturated carbocycles. The largest absolute Gasteiger partial charge is 0.493 e. The zero-order chi connectivity index (χ0) is 19.2. The highest BCUT2D eigenvalue weighted by atomic mass is 19.3. The summed E-state index contributed by atoms with van der Waals surface area (Å²) in [6, 6.07) is 13.7. The third kappa shape index (κ3) is 4.25. The molecule has 0 amide bonds. The van der Waals surface area contributed by atoms with Crippen LogP contribution in [0.2, 0.25) is 0 Å². The number of alkyl halides is 2. The third-order valence-corrected chi connectivity index (χ3v) is 4.25. The minimum atomic E-state index is -2.61. The van der Waals surface area contributed by atoms with Gasteiger partial charge in [-0.15, -0.1) is 0 Å². The highest BCUT2D eigenvalue weighted by Gasteiger charge is 2.14. The molecule has 0 radical (unpaired) electrons. The van der Waals surface area contributed by atoms with Gasteiger partial charge >= 0.3 is 6.55 Å². The van der Waals surface area contributed by atoms with E-state index in [1.54, 1.807) is 14.2 Å². The van der Waals surface area contributed by atoms with E-state index in [1.165, 1.54) is 12.4 Å². The molecule has 27 heavy (non-hydrogen) atoms. The number of imidazole rings is 1. The first-order chi connectivity index (χ1) is 13.1. The van der Waals surface area contributed by atoms with E-state index in [-0.39, 0.29) is 12.4 Å². The van der Waals surface area contributed by atoms with Crippen LogP contribution in [-0.4, -0.2) is 23.8 Å². The van der Waals surface area contributed by atoms with E-state index in [4.69, 9.17) is 9.47 Å². The molecule has 142 valence electrons. The molecule has 7 heteroatoms. The van der Waals surface area contributed by atoms with Gasteiger partial charge in [0.25, 0.3) is 0 Å². The summed E-state index contributed by atoms with van der Waals surface area (Å²) in [5.41, 5.74) is 2.98. The summed E-state index contributed by atoms with van der Waals surface area (Å²) < 4.78 is 37.6. The van der Waals surface area contributed by atoms with E-state index in [0.29, 0.717) is 18.0 Å². The Bertz CT molecular complexity index is 882. The van der Waals surface area contributed by atoms with Crippen molar-refractivity contribution < 1.29 is 18.3 Å². The van der Waals surface area contributed by atoms with Crippen molar-refractivity contribution in [1.82, 2.24) is 14.9 Å². The lowest BCUT2D eigenvalue weighted by Gasteiger charge is -2.16. The molecule has 0 bridgehead atoms. The highest BCUT2D eigenvalue weighted by Crippen LogP contribution is 2.35. The van der Waals surface area contributed by atoms with Gasteiger partial charge in [0, 0.05) is 18.9 Å². The van der Waals surface area contributed by atoms with Gasteiger partial charge in [0.1, 0.15) is 5.82 Å². The molecule has 5 nitrogen and oxygen atoms in total. The van der Waals surface area contributed by atoms with Crippen molar-refractivity contribution in [3.05, 3.63) is 66.2 Å². The SMILES string of the molecule is COc1cc(CNCc2nccn2C(F)F)c(-c2ccccc2)cc1OC. The third-order valence-electron chi connectivity index (χ3n) is 4.25. The Kier molecular flexibility index (Phi) is 6.03. The number of halogens is 2. The Balaban J connectivity index is 1.86. The summed E-state index contributed by atoms with van der Waals surface area (Å²) in [6.45, 7) is -1.93. The summed E-state index contributed by atoms with van der Waals surface area (Å²) in [4.78, 5) is 3.99. The Labute approximate surface area is 156 Å². The van der Waals surface area contributed by atoms with Crippen molar-refractivity contribution in [1.29, 1.82) is 0 Å². The van der Waals surface area contributed by atoms with Gasteiger partial charge in [-0.25, -0.2) is 4.98 Å². The number of nitrogens with zero attached hydrogens (tertiary/aromatic N) is 2. The number of hydrogen-bond acceptors (Lipinski definition) is 4. The van der Waals surface area contributed by atoms with Crippen LogP contribution >= 0.6 is 0 Å². The van der Waals surface area contributed by atoms with E-state index < -0.39 is 6.55 Å². The topological polar surface area (TPSA) is 48.3 Å². The zero-order valence-corrected chi connectivity index (χ0v) is 15.2. The molecular weight excluding hydrogens is 352 g/mol. The second-order valence-corrected chi connectivity index (χ2v) is 5.86. The van der Waals surface area contributed by atoms with Gasteiger partial charge in [-0.1, -0.05) is 30.3 Å². The van der Waals surface area contributed by atoms with Crippen molar-refractivity contribution in [2.45, 2.75) is 19.6 Å². The number of benzene rings is 2. The minimum Gasteiger partial charge on any atom is -0.493 e. The van der Waals surface area contributed by atoms with Gasteiger partial charge in [0.15, 0.2) is 11.5 Å². The Morgan fingerprint density at radius 2 is 1.74 bits per heavy atom. The fraction of sp³-hybridized carbons (Fsp3) is 0.250. The van der Waals surface area contributed by atoms with Crippen LogP contribution in [0.4, 0.5) is 8.78 Å². The monoisotopic (exact) mass is 373 g/mol. The number of rotatable bonds is 8. The van der Waals surface area contributed by atoms with Crippen molar-refractivity contribution >= 4 is 0 Å². The summed E-state index contributed by atoms with van der Waals surface area (Å²) in [5, 5.41) is 3.19. The molecule has 1 N–H and O–H groups in total. The van der Waals surface area contributed by atoms with E-state index >= 15 is 0 Å². The smallest absolute Gasteiger partial charge is 0.319 e. The first-order valence-electron chi connectivity index (χ1n) is 8.45. The Morgan fingerprint density at radius 1 is 1.04 bits per heavy atom. The minimum absolute atomic E-state index is 0.222. The van der Waals surface area contributed by atoms with Gasteiger partial charge in [-0.3, -0.25) is 4.57 Å². The average molecular weight is 373 g/mol. The maximum Gasteiger partial charge on any atom is 0.319 e. The number of hydrogen-bond donors (Lipinski definition) is 1. The maximum absolute atomic E-state index is 12.9. The van der Waals surface area contributed by atoms with Crippen LogP contribution in [0.3, 0.4) is 0 Å². The highest BCUT2D eigenvalue weighted by molar-refractivity contribution is 5.71. The fourth-order valence-corrected chi connectivity index (χ4v) is 2.92. The lowest BCUT2D eigenvalue weighted by Crippen LogP contribution is -2.17. The molecule has 0 atom stereocenters. The van der Waals surface area contributed by atoms with E-state index in [2.05, 4.69) is 10.3 Å². The van der Waals surface area contributed by atoms with Crippen LogP contribution in [0, 0.1) is 0 Å². The van der Waals surface area contributed by atoms with Crippen molar-refractivity contribution in [3.63, 3.8) is 0 Å². The van der Waals surface area contributed by atoms with Crippen molar-refractivity contribution in [2.75, 3.05) is 14.2 Å². The lowest BCUT2D eigenvalue weighted by atomic mass is 9.98. The molecule has 0 aliphatic rings. The van der Waals surface area contributed by atoms with Crippen LogP contribution in [0.1, 0.15) is 17.9 Å². The molecule has 3 rings (SSSR count). The normalized spacial score (nSPS) is 11.0. The number of nitrogens with one attached hydrogen (secondary N) is 1. The Morgan fingerprint density at radius 3 is 2.41 bits per heavy atom. The van der Waals surface area contributed by atoms with Crippen LogP contribution in [-0.2, 0) is 13.1 Å². The molecule has 1 aromatic heterocycles. The van der Waals surface area contributed by atoms with Crippen LogP contribution < -0.4 is 14.8 Å². The van der Waals surface area contributed by atoms with Crippen LogP contribution in [0.25, 0.3) is 11.1 Å². The lowest BCUT2D eigenvalue weighted by molar-refractivity contribution is 0.0666. The van der Waals surface area contributed by atoms with Gasteiger partial charge < -0.3 is 14.8 Å². The summed E-state index contributed by atoms with van der Waals surface area (Å²) in [5.74, 6) is 1.53. The number of ether oxygens (including phenoxy) is 2. The predicted molar refractivity (Wildman–Crippen MR) is 99.0 cm³/mol. The van der Waals surface area contributed by atoms with Crippen molar-refractivity contribution in [3.8, 4) is 22.6 Å². The molecule has 0 fully saturated rings. The van der Waals surface area contributed by atoms with E-state index in [0.717, 1.165) is 21.3 Å².